The summed E-state index contributed by atoms with van der Waals surface area (Å²) in [6, 6.07) is 0. The lowest BCUT2D eigenvalue weighted by molar-refractivity contribution is -0.118. The van der Waals surface area contributed by atoms with E-state index < -0.39 is 0 Å². The van der Waals surface area contributed by atoms with Crippen molar-refractivity contribution in [3.63, 3.8) is 0 Å². The quantitative estimate of drug-likeness (QED) is 0.399. The summed E-state index contributed by atoms with van der Waals surface area (Å²) in [6.45, 7) is 29.0. The zero-order chi connectivity index (χ0) is 25.5. The Bertz CT molecular complexity index is 847. The molecule has 9 unspecified atom stereocenters. The van der Waals surface area contributed by atoms with Gasteiger partial charge in [-0.2, -0.15) is 0 Å². The summed E-state index contributed by atoms with van der Waals surface area (Å²) in [6.07, 6.45) is 12.7. The molecule has 4 rings (SSSR count). The van der Waals surface area contributed by atoms with Crippen molar-refractivity contribution in [2.24, 2.45) is 56.7 Å². The molecule has 0 spiro atoms. The Labute approximate surface area is 212 Å². The van der Waals surface area contributed by atoms with E-state index in [1.165, 1.54) is 50.5 Å². The van der Waals surface area contributed by atoms with Crippen LogP contribution < -0.4 is 0 Å². The molecule has 0 aromatic rings. The maximum Gasteiger partial charge on any atom is 0.0594 e. The van der Waals surface area contributed by atoms with Crippen LogP contribution in [0.3, 0.4) is 0 Å². The molecule has 1 N–H and O–H groups in total. The highest BCUT2D eigenvalue weighted by Crippen LogP contribution is 2.73. The predicted molar refractivity (Wildman–Crippen MR) is 147 cm³/mol. The van der Waals surface area contributed by atoms with Crippen LogP contribution in [0.5, 0.6) is 0 Å². The minimum Gasteiger partial charge on any atom is -0.393 e. The molecule has 0 saturated heterocycles. The van der Waals surface area contributed by atoms with Gasteiger partial charge in [-0.05, 0) is 115 Å². The molecule has 0 amide bonds. The van der Waals surface area contributed by atoms with Gasteiger partial charge in [0.25, 0.3) is 0 Å². The van der Waals surface area contributed by atoms with Gasteiger partial charge in [0.1, 0.15) is 0 Å². The molecule has 0 aliphatic heterocycles. The molecule has 9 atom stereocenters. The summed E-state index contributed by atoms with van der Waals surface area (Å²) >= 11 is 0. The Morgan fingerprint density at radius 3 is 2.29 bits per heavy atom. The Kier molecular flexibility index (Phi) is 6.41. The number of aliphatic hydroxyl groups excluding tert-OH is 1. The summed E-state index contributed by atoms with van der Waals surface area (Å²) in [5.74, 6) is 3.58. The summed E-state index contributed by atoms with van der Waals surface area (Å²) in [5, 5.41) is 10.9. The maximum absolute atomic E-state index is 10.9. The summed E-state index contributed by atoms with van der Waals surface area (Å²) < 4.78 is 0. The third-order valence-corrected chi connectivity index (χ3v) is 13.6. The highest BCUT2D eigenvalue weighted by atomic mass is 16.3. The zero-order valence-electron chi connectivity index (χ0n) is 24.4. The number of rotatable bonds is 5. The Hall–Kier alpha value is -0.560. The highest BCUT2D eigenvalue weighted by Gasteiger charge is 2.65. The maximum atomic E-state index is 10.9. The average molecular weight is 469 g/mol. The van der Waals surface area contributed by atoms with Crippen LogP contribution in [0.25, 0.3) is 0 Å². The van der Waals surface area contributed by atoms with E-state index in [0.717, 1.165) is 24.2 Å². The molecule has 3 saturated carbocycles. The van der Waals surface area contributed by atoms with Crippen molar-refractivity contribution in [1.29, 1.82) is 0 Å². The molecule has 0 aromatic carbocycles. The molecular formula is C33H56O. The van der Waals surface area contributed by atoms with Gasteiger partial charge in [0.05, 0.1) is 6.10 Å². The van der Waals surface area contributed by atoms with Gasteiger partial charge in [-0.3, -0.25) is 0 Å². The molecular weight excluding hydrogens is 412 g/mol. The van der Waals surface area contributed by atoms with E-state index >= 15 is 0 Å². The van der Waals surface area contributed by atoms with E-state index in [2.05, 4.69) is 81.9 Å². The first-order valence-electron chi connectivity index (χ1n) is 14.6. The van der Waals surface area contributed by atoms with Gasteiger partial charge in [0.15, 0.2) is 0 Å². The molecule has 0 radical (unpaired) electrons. The predicted octanol–water partition coefficient (Wildman–Crippen LogP) is 9.22. The number of hydrogen-bond acceptors (Lipinski definition) is 1. The van der Waals surface area contributed by atoms with Gasteiger partial charge < -0.3 is 5.11 Å². The molecule has 0 bridgehead atoms. The van der Waals surface area contributed by atoms with Gasteiger partial charge in [-0.25, -0.2) is 0 Å². The Morgan fingerprint density at radius 2 is 1.68 bits per heavy atom. The van der Waals surface area contributed by atoms with Crippen LogP contribution in [0.15, 0.2) is 23.8 Å². The van der Waals surface area contributed by atoms with Crippen molar-refractivity contribution in [1.82, 2.24) is 0 Å². The van der Waals surface area contributed by atoms with Gasteiger partial charge in [0, 0.05) is 0 Å². The van der Waals surface area contributed by atoms with Crippen LogP contribution in [0.4, 0.5) is 0 Å². The minimum atomic E-state index is -0.144. The van der Waals surface area contributed by atoms with E-state index in [1.54, 1.807) is 5.57 Å². The van der Waals surface area contributed by atoms with Crippen LogP contribution in [-0.2, 0) is 0 Å². The second-order valence-electron chi connectivity index (χ2n) is 15.4. The summed E-state index contributed by atoms with van der Waals surface area (Å²) in [5.41, 5.74) is 4.46. The third-order valence-electron chi connectivity index (χ3n) is 13.6. The molecule has 0 heterocycles. The van der Waals surface area contributed by atoms with E-state index in [9.17, 15) is 5.11 Å². The fourth-order valence-corrected chi connectivity index (χ4v) is 10.1. The Morgan fingerprint density at radius 1 is 1.03 bits per heavy atom. The van der Waals surface area contributed by atoms with Gasteiger partial charge in [-0.15, -0.1) is 0 Å². The van der Waals surface area contributed by atoms with Crippen molar-refractivity contribution in [2.45, 2.75) is 127 Å². The zero-order valence-corrected chi connectivity index (χ0v) is 24.4. The number of aliphatic hydroxyl groups is 1. The van der Waals surface area contributed by atoms with Crippen molar-refractivity contribution in [2.75, 3.05) is 0 Å². The minimum absolute atomic E-state index is 0.0272. The fraction of sp³-hybridized carbons (Fsp3) is 0.879. The summed E-state index contributed by atoms with van der Waals surface area (Å²) in [7, 11) is 0. The van der Waals surface area contributed by atoms with E-state index in [0.29, 0.717) is 22.7 Å². The Balaban J connectivity index is 1.62. The van der Waals surface area contributed by atoms with Crippen molar-refractivity contribution >= 4 is 0 Å². The molecule has 0 aromatic heterocycles. The normalized spacial score (nSPS) is 45.4. The smallest absolute Gasteiger partial charge is 0.0594 e. The molecule has 4 aliphatic rings. The second kappa shape index (κ2) is 8.22. The number of fused-ring (bicyclic) bond motifs is 5. The van der Waals surface area contributed by atoms with E-state index in [1.807, 2.05) is 0 Å². The molecule has 1 nitrogen and oxygen atoms in total. The van der Waals surface area contributed by atoms with E-state index in [-0.39, 0.29) is 22.3 Å². The van der Waals surface area contributed by atoms with Crippen molar-refractivity contribution in [3.05, 3.63) is 23.8 Å². The van der Waals surface area contributed by atoms with Gasteiger partial charge in [0.2, 0.25) is 0 Å². The first-order valence-corrected chi connectivity index (χ1v) is 14.6. The van der Waals surface area contributed by atoms with Crippen molar-refractivity contribution in [3.8, 4) is 0 Å². The SMILES string of the molecule is C=C(C)C(C)(C)C(C)CC(C)C1CCC2(C)C3CCC4C(C)(CCC(O)C4(C)C)C3=CCC12C. The molecule has 4 aliphatic carbocycles. The average Bonchev–Trinajstić information content (AvgIpc) is 3.02. The molecule has 34 heavy (non-hydrogen) atoms. The topological polar surface area (TPSA) is 20.2 Å². The molecule has 3 fully saturated rings. The summed E-state index contributed by atoms with van der Waals surface area (Å²) in [4.78, 5) is 0. The van der Waals surface area contributed by atoms with Crippen LogP contribution in [0.1, 0.15) is 121 Å². The lowest BCUT2D eigenvalue weighted by Gasteiger charge is -2.64. The number of hydrogen-bond donors (Lipinski definition) is 1. The molecule has 1 heteroatoms. The third kappa shape index (κ3) is 3.48. The lowest BCUT2D eigenvalue weighted by Crippen LogP contribution is -2.57. The number of allylic oxidation sites excluding steroid dienone is 3. The largest absolute Gasteiger partial charge is 0.393 e. The van der Waals surface area contributed by atoms with Gasteiger partial charge >= 0.3 is 0 Å². The van der Waals surface area contributed by atoms with Crippen LogP contribution in [-0.4, -0.2) is 11.2 Å². The highest BCUT2D eigenvalue weighted by molar-refractivity contribution is 5.32. The molecule has 194 valence electrons. The van der Waals surface area contributed by atoms with E-state index in [4.69, 9.17) is 0 Å². The van der Waals surface area contributed by atoms with Crippen LogP contribution >= 0.6 is 0 Å². The van der Waals surface area contributed by atoms with Crippen molar-refractivity contribution < 1.29 is 5.11 Å². The first-order chi connectivity index (χ1) is 15.5. The van der Waals surface area contributed by atoms with Crippen LogP contribution in [0, 0.1) is 56.7 Å². The van der Waals surface area contributed by atoms with Crippen LogP contribution in [0.2, 0.25) is 0 Å². The fourth-order valence-electron chi connectivity index (χ4n) is 10.1. The second-order valence-corrected chi connectivity index (χ2v) is 15.4. The van der Waals surface area contributed by atoms with Gasteiger partial charge in [-0.1, -0.05) is 86.1 Å². The lowest BCUT2D eigenvalue weighted by atomic mass is 9.41. The standard InChI is InChI=1S/C33H56O/c1-21(2)29(5,6)23(4)20-22(3)24-14-18-33(11)26-12-13-27-30(7,8)28(34)16-17-31(27,9)25(26)15-19-32(24,33)10/h15,22-24,26-28,34H,1,12-14,16-20H2,2-11H3. The monoisotopic (exact) mass is 468 g/mol. The first kappa shape index (κ1) is 26.5.